The van der Waals surface area contributed by atoms with Gasteiger partial charge in [-0.3, -0.25) is 0 Å². The standard InChI is InChI=1S/C14H15N3O2S2/c1-17(8-10-4-5-20-9-10)21(18,19)14-7-16-13-6-11(15)2-3-12(13)14/h2-7,9,16H,8,15H2,1H3. The lowest BCUT2D eigenvalue weighted by molar-refractivity contribution is 0.468. The molecule has 3 aromatic rings. The molecule has 110 valence electrons. The molecule has 2 aromatic heterocycles. The monoisotopic (exact) mass is 321 g/mol. The molecule has 0 aliphatic carbocycles. The zero-order chi connectivity index (χ0) is 15.0. The highest BCUT2D eigenvalue weighted by Crippen LogP contribution is 2.27. The Labute approximate surface area is 127 Å². The lowest BCUT2D eigenvalue weighted by Gasteiger charge is -2.16. The molecule has 7 heteroatoms. The van der Waals surface area contributed by atoms with Gasteiger partial charge < -0.3 is 10.7 Å². The van der Waals surface area contributed by atoms with Crippen LogP contribution in [0.25, 0.3) is 10.9 Å². The molecule has 0 amide bonds. The first-order valence-electron chi connectivity index (χ1n) is 6.32. The molecule has 3 rings (SSSR count). The summed E-state index contributed by atoms with van der Waals surface area (Å²) in [6, 6.07) is 7.08. The van der Waals surface area contributed by atoms with Crippen molar-refractivity contribution in [1.29, 1.82) is 0 Å². The minimum absolute atomic E-state index is 0.273. The molecule has 0 atom stereocenters. The first kappa shape index (κ1) is 14.1. The predicted molar refractivity (Wildman–Crippen MR) is 85.7 cm³/mol. The van der Waals surface area contributed by atoms with Crippen molar-refractivity contribution in [3.05, 3.63) is 46.8 Å². The smallest absolute Gasteiger partial charge is 0.245 e. The largest absolute Gasteiger partial charge is 0.399 e. The quantitative estimate of drug-likeness (QED) is 0.725. The number of anilines is 1. The number of hydrogen-bond acceptors (Lipinski definition) is 4. The van der Waals surface area contributed by atoms with Crippen LogP contribution in [0, 0.1) is 0 Å². The van der Waals surface area contributed by atoms with E-state index >= 15 is 0 Å². The van der Waals surface area contributed by atoms with Gasteiger partial charge in [-0.15, -0.1) is 0 Å². The van der Waals surface area contributed by atoms with Crippen molar-refractivity contribution in [2.45, 2.75) is 11.4 Å². The maximum atomic E-state index is 12.7. The lowest BCUT2D eigenvalue weighted by Crippen LogP contribution is -2.26. The van der Waals surface area contributed by atoms with E-state index in [9.17, 15) is 8.42 Å². The Morgan fingerprint density at radius 3 is 2.86 bits per heavy atom. The van der Waals surface area contributed by atoms with Gasteiger partial charge in [0, 0.05) is 36.4 Å². The highest BCUT2D eigenvalue weighted by molar-refractivity contribution is 7.89. The van der Waals surface area contributed by atoms with Gasteiger partial charge in [0.2, 0.25) is 10.0 Å². The molecule has 5 nitrogen and oxygen atoms in total. The second-order valence-electron chi connectivity index (χ2n) is 4.85. The summed E-state index contributed by atoms with van der Waals surface area (Å²) in [5, 5.41) is 4.54. The maximum Gasteiger partial charge on any atom is 0.245 e. The van der Waals surface area contributed by atoms with Gasteiger partial charge in [-0.25, -0.2) is 8.42 Å². The van der Waals surface area contributed by atoms with E-state index in [1.807, 2.05) is 16.8 Å². The Kier molecular flexibility index (Phi) is 3.48. The minimum atomic E-state index is -3.55. The Balaban J connectivity index is 2.00. The summed E-state index contributed by atoms with van der Waals surface area (Å²) in [6.45, 7) is 0.355. The summed E-state index contributed by atoms with van der Waals surface area (Å²) in [6.07, 6.45) is 1.52. The average Bonchev–Trinajstić information content (AvgIpc) is 3.07. The maximum absolute atomic E-state index is 12.7. The third-order valence-corrected chi connectivity index (χ3v) is 5.92. The molecule has 0 aliphatic heterocycles. The predicted octanol–water partition coefficient (Wildman–Crippen LogP) is 2.63. The molecule has 21 heavy (non-hydrogen) atoms. The van der Waals surface area contributed by atoms with Crippen LogP contribution in [0.15, 0.2) is 46.1 Å². The molecule has 0 radical (unpaired) electrons. The number of thiophene rings is 1. The number of hydrogen-bond donors (Lipinski definition) is 2. The third kappa shape index (κ3) is 2.55. The number of benzene rings is 1. The molecule has 0 unspecified atom stereocenters. The average molecular weight is 321 g/mol. The van der Waals surface area contributed by atoms with Gasteiger partial charge in [-0.2, -0.15) is 15.6 Å². The number of fused-ring (bicyclic) bond motifs is 1. The topological polar surface area (TPSA) is 79.2 Å². The summed E-state index contributed by atoms with van der Waals surface area (Å²) in [5.41, 5.74) is 8.01. The summed E-state index contributed by atoms with van der Waals surface area (Å²) in [5.74, 6) is 0. The normalized spacial score (nSPS) is 12.3. The van der Waals surface area contributed by atoms with Crippen LogP contribution in [0.5, 0.6) is 0 Å². The molecule has 0 fully saturated rings. The van der Waals surface area contributed by atoms with Crippen LogP contribution >= 0.6 is 11.3 Å². The summed E-state index contributed by atoms with van der Waals surface area (Å²) in [7, 11) is -1.96. The number of aromatic amines is 1. The molecule has 0 aliphatic rings. The highest BCUT2D eigenvalue weighted by atomic mass is 32.2. The van der Waals surface area contributed by atoms with E-state index in [4.69, 9.17) is 5.73 Å². The zero-order valence-corrected chi connectivity index (χ0v) is 13.0. The van der Waals surface area contributed by atoms with Crippen LogP contribution in [0.4, 0.5) is 5.69 Å². The molecular formula is C14H15N3O2S2. The Hall–Kier alpha value is -1.83. The Morgan fingerprint density at radius 1 is 1.33 bits per heavy atom. The number of rotatable bonds is 4. The van der Waals surface area contributed by atoms with Crippen molar-refractivity contribution >= 4 is 38.0 Å². The van der Waals surface area contributed by atoms with Gasteiger partial charge in [0.25, 0.3) is 0 Å². The van der Waals surface area contributed by atoms with Crippen LogP contribution in [-0.4, -0.2) is 24.8 Å². The molecule has 0 saturated carbocycles. The van der Waals surface area contributed by atoms with E-state index in [0.29, 0.717) is 17.6 Å². The van der Waals surface area contributed by atoms with Gasteiger partial charge >= 0.3 is 0 Å². The van der Waals surface area contributed by atoms with Crippen molar-refractivity contribution in [2.24, 2.45) is 0 Å². The van der Waals surface area contributed by atoms with E-state index < -0.39 is 10.0 Å². The molecule has 2 heterocycles. The van der Waals surface area contributed by atoms with Crippen molar-refractivity contribution < 1.29 is 8.42 Å². The summed E-state index contributed by atoms with van der Waals surface area (Å²) < 4.78 is 26.7. The summed E-state index contributed by atoms with van der Waals surface area (Å²) >= 11 is 1.55. The number of nitrogens with zero attached hydrogens (tertiary/aromatic N) is 1. The zero-order valence-electron chi connectivity index (χ0n) is 11.4. The number of aromatic nitrogens is 1. The minimum Gasteiger partial charge on any atom is -0.399 e. The first-order chi connectivity index (χ1) is 9.98. The molecule has 3 N–H and O–H groups in total. The van der Waals surface area contributed by atoms with Gasteiger partial charge in [-0.05, 0) is 40.6 Å². The molecular weight excluding hydrogens is 306 g/mol. The molecule has 0 spiro atoms. The number of nitrogens with one attached hydrogen (secondary N) is 1. The van der Waals surface area contributed by atoms with Gasteiger partial charge in [0.15, 0.2) is 0 Å². The fraction of sp³-hybridized carbons (Fsp3) is 0.143. The number of nitrogens with two attached hydrogens (primary N) is 1. The number of H-pyrrole nitrogens is 1. The Bertz CT molecular complexity index is 867. The highest BCUT2D eigenvalue weighted by Gasteiger charge is 2.24. The number of nitrogen functional groups attached to an aromatic ring is 1. The van der Waals surface area contributed by atoms with Crippen molar-refractivity contribution in [3.8, 4) is 0 Å². The molecule has 0 saturated heterocycles. The third-order valence-electron chi connectivity index (χ3n) is 3.34. The van der Waals surface area contributed by atoms with Gasteiger partial charge in [0.1, 0.15) is 4.90 Å². The second kappa shape index (κ2) is 5.18. The van der Waals surface area contributed by atoms with Crippen LogP contribution in [0.1, 0.15) is 5.56 Å². The molecule has 0 bridgehead atoms. The molecule has 1 aromatic carbocycles. The van der Waals surface area contributed by atoms with Crippen molar-refractivity contribution in [3.63, 3.8) is 0 Å². The van der Waals surface area contributed by atoms with E-state index in [1.54, 1.807) is 36.6 Å². The van der Waals surface area contributed by atoms with Gasteiger partial charge in [0.05, 0.1) is 0 Å². The second-order valence-corrected chi connectivity index (χ2v) is 7.64. The van der Waals surface area contributed by atoms with Crippen LogP contribution in [-0.2, 0) is 16.6 Å². The van der Waals surface area contributed by atoms with Crippen molar-refractivity contribution in [1.82, 2.24) is 9.29 Å². The van der Waals surface area contributed by atoms with E-state index in [1.165, 1.54) is 10.5 Å². The fourth-order valence-electron chi connectivity index (χ4n) is 2.22. The first-order valence-corrected chi connectivity index (χ1v) is 8.71. The van der Waals surface area contributed by atoms with Crippen LogP contribution < -0.4 is 5.73 Å². The summed E-state index contributed by atoms with van der Waals surface area (Å²) in [4.78, 5) is 3.24. The van der Waals surface area contributed by atoms with Crippen LogP contribution in [0.3, 0.4) is 0 Å². The van der Waals surface area contributed by atoms with Gasteiger partial charge in [-0.1, -0.05) is 0 Å². The van der Waals surface area contributed by atoms with Crippen molar-refractivity contribution in [2.75, 3.05) is 12.8 Å². The van der Waals surface area contributed by atoms with E-state index in [2.05, 4.69) is 4.98 Å². The SMILES string of the molecule is CN(Cc1ccsc1)S(=O)(=O)c1c[nH]c2cc(N)ccc12. The van der Waals surface area contributed by atoms with Crippen LogP contribution in [0.2, 0.25) is 0 Å². The lowest BCUT2D eigenvalue weighted by atomic mass is 10.2. The van der Waals surface area contributed by atoms with E-state index in [0.717, 1.165) is 11.1 Å². The Morgan fingerprint density at radius 2 is 2.14 bits per heavy atom. The number of sulfonamides is 1. The van der Waals surface area contributed by atoms with E-state index in [-0.39, 0.29) is 4.90 Å². The fourth-order valence-corrected chi connectivity index (χ4v) is 4.20.